The van der Waals surface area contributed by atoms with Crippen molar-refractivity contribution < 1.29 is 0 Å². The summed E-state index contributed by atoms with van der Waals surface area (Å²) in [7, 11) is 0. The maximum absolute atomic E-state index is 6.07. The molecule has 0 amide bonds. The van der Waals surface area contributed by atoms with E-state index in [1.807, 2.05) is 0 Å². The highest BCUT2D eigenvalue weighted by molar-refractivity contribution is 4.82. The quantitative estimate of drug-likeness (QED) is 0.0492. The highest BCUT2D eigenvalue weighted by Crippen LogP contribution is 2.13. The van der Waals surface area contributed by atoms with Gasteiger partial charge in [0.05, 0.1) is 0 Å². The number of nitrogens with two attached hydrogens (primary N) is 2. The fraction of sp³-hybridized carbons (Fsp3) is 0.913. The number of unbranched alkanes of at least 4 members (excludes halogenated alkanes) is 24. The molecule has 0 saturated heterocycles. The molecule has 0 bridgehead atoms. The van der Waals surface area contributed by atoms with E-state index in [-0.39, 0.29) is 0 Å². The average Bonchev–Trinajstić information content (AvgIpc) is 3.12. The monoisotopic (exact) mass is 703 g/mol. The summed E-state index contributed by atoms with van der Waals surface area (Å²) in [5.74, 6) is 1.13. The van der Waals surface area contributed by atoms with Crippen molar-refractivity contribution in [2.75, 3.05) is 52.4 Å². The van der Waals surface area contributed by atoms with E-state index in [0.717, 1.165) is 26.2 Å². The zero-order valence-corrected chi connectivity index (χ0v) is 35.0. The van der Waals surface area contributed by atoms with Gasteiger partial charge < -0.3 is 21.3 Å². The lowest BCUT2D eigenvalue weighted by molar-refractivity contribution is 0.171. The molecular formula is C46H94N4. The van der Waals surface area contributed by atoms with E-state index >= 15 is 0 Å². The first-order valence-electron chi connectivity index (χ1n) is 22.7. The Morgan fingerprint density at radius 3 is 0.900 bits per heavy atom. The molecule has 50 heavy (non-hydrogen) atoms. The molecule has 0 rings (SSSR count). The largest absolute Gasteiger partial charge is 0.330 e. The molecular weight excluding hydrogens is 609 g/mol. The van der Waals surface area contributed by atoms with Crippen LogP contribution in [0, 0.1) is 11.8 Å². The zero-order valence-electron chi connectivity index (χ0n) is 35.0. The Morgan fingerprint density at radius 1 is 0.360 bits per heavy atom. The van der Waals surface area contributed by atoms with Crippen molar-refractivity contribution in [2.24, 2.45) is 23.3 Å². The summed E-state index contributed by atoms with van der Waals surface area (Å²) in [5, 5.41) is 0. The number of hydrogen-bond acceptors (Lipinski definition) is 4. The van der Waals surface area contributed by atoms with Crippen molar-refractivity contribution in [1.29, 1.82) is 0 Å². The third kappa shape index (κ3) is 37.1. The smallest absolute Gasteiger partial charge is 0.0109 e. The predicted molar refractivity (Wildman–Crippen MR) is 228 cm³/mol. The molecule has 0 aromatic rings. The summed E-state index contributed by atoms with van der Waals surface area (Å²) in [5.41, 5.74) is 12.1. The summed E-state index contributed by atoms with van der Waals surface area (Å²) in [6.07, 6.45) is 48.1. The first-order valence-corrected chi connectivity index (χ1v) is 22.7. The fourth-order valence-electron chi connectivity index (χ4n) is 7.07. The van der Waals surface area contributed by atoms with Crippen LogP contribution in [-0.4, -0.2) is 62.2 Å². The molecule has 0 aromatic carbocycles. The number of rotatable bonds is 41. The molecule has 0 heterocycles. The Bertz CT molecular complexity index is 634. The molecule has 298 valence electrons. The van der Waals surface area contributed by atoms with E-state index in [0.29, 0.717) is 11.8 Å². The fourth-order valence-corrected chi connectivity index (χ4v) is 7.07. The Kier molecular flexibility index (Phi) is 40.5. The molecule has 0 saturated carbocycles. The lowest BCUT2D eigenvalue weighted by Gasteiger charge is -2.30. The molecule has 0 fully saturated rings. The van der Waals surface area contributed by atoms with Gasteiger partial charge in [-0.05, 0) is 102 Å². The summed E-state index contributed by atoms with van der Waals surface area (Å²) in [6.45, 7) is 17.8. The number of nitrogens with zero attached hydrogens (tertiary/aromatic N) is 2. The van der Waals surface area contributed by atoms with Gasteiger partial charge in [0.2, 0.25) is 0 Å². The van der Waals surface area contributed by atoms with Crippen LogP contribution in [-0.2, 0) is 0 Å². The molecule has 0 aliphatic carbocycles. The van der Waals surface area contributed by atoms with Crippen molar-refractivity contribution in [2.45, 2.75) is 207 Å². The summed E-state index contributed by atoms with van der Waals surface area (Å²) >= 11 is 0. The van der Waals surface area contributed by atoms with Crippen LogP contribution in [0.2, 0.25) is 0 Å². The minimum atomic E-state index is 0.566. The second kappa shape index (κ2) is 41.1. The maximum Gasteiger partial charge on any atom is 0.0109 e. The molecule has 4 N–H and O–H groups in total. The van der Waals surface area contributed by atoms with Gasteiger partial charge in [-0.15, -0.1) is 0 Å². The third-order valence-electron chi connectivity index (χ3n) is 10.6. The maximum atomic E-state index is 6.07. The average molecular weight is 703 g/mol. The molecule has 0 spiro atoms. The van der Waals surface area contributed by atoms with Crippen LogP contribution in [0.15, 0.2) is 24.3 Å². The number of allylic oxidation sites excluding steroid dienone is 4. The van der Waals surface area contributed by atoms with Gasteiger partial charge in [0.1, 0.15) is 0 Å². The molecule has 2 atom stereocenters. The summed E-state index contributed by atoms with van der Waals surface area (Å²) in [6, 6.07) is 0. The SMILES string of the molecule is CCCCCCCC/C=C/CCCCCCCCN(CCN(CCCCCCCC/C=C/CCCCCCCC)CC(C)CN)CC(C)CN. The van der Waals surface area contributed by atoms with Crippen LogP contribution >= 0.6 is 0 Å². The van der Waals surface area contributed by atoms with Crippen LogP contribution in [0.5, 0.6) is 0 Å². The highest BCUT2D eigenvalue weighted by Gasteiger charge is 2.14. The summed E-state index contributed by atoms with van der Waals surface area (Å²) in [4.78, 5) is 5.43. The molecule has 0 aliphatic heterocycles. The van der Waals surface area contributed by atoms with Crippen LogP contribution in [0.25, 0.3) is 0 Å². The highest BCUT2D eigenvalue weighted by atomic mass is 15.2. The van der Waals surface area contributed by atoms with Crippen molar-refractivity contribution in [3.63, 3.8) is 0 Å². The van der Waals surface area contributed by atoms with Gasteiger partial charge in [0.15, 0.2) is 0 Å². The molecule has 2 unspecified atom stereocenters. The Balaban J connectivity index is 4.15. The lowest BCUT2D eigenvalue weighted by Crippen LogP contribution is -2.41. The minimum Gasteiger partial charge on any atom is -0.330 e. The Labute approximate surface area is 316 Å². The van der Waals surface area contributed by atoms with E-state index in [2.05, 4.69) is 61.8 Å². The van der Waals surface area contributed by atoms with E-state index in [9.17, 15) is 0 Å². The van der Waals surface area contributed by atoms with Gasteiger partial charge >= 0.3 is 0 Å². The molecule has 0 radical (unpaired) electrons. The minimum absolute atomic E-state index is 0.566. The van der Waals surface area contributed by atoms with E-state index in [1.54, 1.807) is 0 Å². The number of hydrogen-bond donors (Lipinski definition) is 2. The van der Waals surface area contributed by atoms with Crippen LogP contribution in [0.1, 0.15) is 207 Å². The molecule has 4 heteroatoms. The van der Waals surface area contributed by atoms with E-state index in [4.69, 9.17) is 11.5 Å². The first-order chi connectivity index (χ1) is 24.6. The Hall–Kier alpha value is -0.680. The van der Waals surface area contributed by atoms with E-state index in [1.165, 1.54) is 206 Å². The first kappa shape index (κ1) is 49.3. The van der Waals surface area contributed by atoms with Gasteiger partial charge in [0, 0.05) is 26.2 Å². The predicted octanol–water partition coefficient (Wildman–Crippen LogP) is 12.9. The van der Waals surface area contributed by atoms with Crippen LogP contribution < -0.4 is 11.5 Å². The van der Waals surface area contributed by atoms with Crippen molar-refractivity contribution >= 4 is 0 Å². The standard InChI is InChI=1S/C46H94N4/c1-5-7-9-11-13-15-17-19-21-23-25-27-29-31-33-35-37-49(43-45(3)41-47)39-40-50(44-46(4)42-48)38-36-34-32-30-28-26-24-22-20-18-16-14-12-10-8-6-2/h19-22,45-46H,5-18,23-44,47-48H2,1-4H3/b21-19+,22-20+. The normalized spacial score (nSPS) is 13.5. The van der Waals surface area contributed by atoms with E-state index < -0.39 is 0 Å². The molecule has 0 aliphatic rings. The van der Waals surface area contributed by atoms with Gasteiger partial charge in [-0.1, -0.05) is 168 Å². The second-order valence-corrected chi connectivity index (χ2v) is 16.2. The lowest BCUT2D eigenvalue weighted by atomic mass is 10.1. The van der Waals surface area contributed by atoms with Crippen LogP contribution in [0.3, 0.4) is 0 Å². The molecule has 0 aromatic heterocycles. The van der Waals surface area contributed by atoms with Gasteiger partial charge in [-0.3, -0.25) is 0 Å². The van der Waals surface area contributed by atoms with Gasteiger partial charge in [-0.25, -0.2) is 0 Å². The van der Waals surface area contributed by atoms with Crippen molar-refractivity contribution in [1.82, 2.24) is 9.80 Å². The van der Waals surface area contributed by atoms with Crippen molar-refractivity contribution in [3.8, 4) is 0 Å². The second-order valence-electron chi connectivity index (χ2n) is 16.2. The van der Waals surface area contributed by atoms with Gasteiger partial charge in [-0.2, -0.15) is 0 Å². The third-order valence-corrected chi connectivity index (χ3v) is 10.6. The van der Waals surface area contributed by atoms with Gasteiger partial charge in [0.25, 0.3) is 0 Å². The van der Waals surface area contributed by atoms with Crippen molar-refractivity contribution in [3.05, 3.63) is 24.3 Å². The Morgan fingerprint density at radius 2 is 0.620 bits per heavy atom. The van der Waals surface area contributed by atoms with Crippen LogP contribution in [0.4, 0.5) is 0 Å². The molecule has 4 nitrogen and oxygen atoms in total. The summed E-state index contributed by atoms with van der Waals surface area (Å²) < 4.78 is 0. The zero-order chi connectivity index (χ0) is 36.6. The topological polar surface area (TPSA) is 58.5 Å².